The van der Waals surface area contributed by atoms with Crippen LogP contribution in [-0.2, 0) is 0 Å². The van der Waals surface area contributed by atoms with Crippen LogP contribution in [0, 0.1) is 0 Å². The first-order chi connectivity index (χ1) is 26.3. The first-order valence-electron chi connectivity index (χ1n) is 19.1. The van der Waals surface area contributed by atoms with E-state index in [4.69, 9.17) is 34.7 Å². The Kier molecular flexibility index (Phi) is 9.05. The van der Waals surface area contributed by atoms with Crippen LogP contribution < -0.4 is 4.84 Å². The quantitative estimate of drug-likeness (QED) is 0.127. The third kappa shape index (κ3) is 6.30. The van der Waals surface area contributed by atoms with Crippen LogP contribution in [0.25, 0.3) is 89.7 Å². The predicted molar refractivity (Wildman–Crippen MR) is 213 cm³/mol. The molecule has 0 atom stereocenters. The van der Waals surface area contributed by atoms with Crippen molar-refractivity contribution in [3.05, 3.63) is 97.1 Å². The Hall–Kier alpha value is -5.96. The van der Waals surface area contributed by atoms with Gasteiger partial charge in [-0.05, 0) is 12.8 Å². The average molecular weight is 699 g/mol. The van der Waals surface area contributed by atoms with Gasteiger partial charge < -0.3 is 9.82 Å². The fourth-order valence-corrected chi connectivity index (χ4v) is 7.53. The molecule has 9 rings (SSSR count). The van der Waals surface area contributed by atoms with Crippen LogP contribution in [0.3, 0.4) is 0 Å². The highest BCUT2D eigenvalue weighted by Gasteiger charge is 2.23. The topological polar surface area (TPSA) is 107 Å². The number of nitrogens with one attached hydrogen (secondary N) is 1. The van der Waals surface area contributed by atoms with Crippen LogP contribution in [0.5, 0.6) is 0 Å². The lowest BCUT2D eigenvalue weighted by Crippen LogP contribution is -2.13. The number of rotatable bonds is 12. The number of nitrogens with zero attached hydrogens (tertiary/aromatic N) is 7. The number of benzene rings is 4. The molecule has 53 heavy (non-hydrogen) atoms. The Balaban J connectivity index is 1.22. The van der Waals surface area contributed by atoms with Crippen LogP contribution >= 0.6 is 0 Å². The first-order valence-corrected chi connectivity index (χ1v) is 19.1. The molecule has 4 aromatic carbocycles. The summed E-state index contributed by atoms with van der Waals surface area (Å²) in [7, 11) is 0. The molecule has 9 nitrogen and oxygen atoms in total. The molecule has 0 saturated carbocycles. The summed E-state index contributed by atoms with van der Waals surface area (Å²) in [4.78, 5) is 41.1. The molecule has 0 aliphatic carbocycles. The molecule has 7 aromatic rings. The van der Waals surface area contributed by atoms with Crippen LogP contribution in [0.2, 0.25) is 0 Å². The third-order valence-electron chi connectivity index (χ3n) is 10.3. The van der Waals surface area contributed by atoms with Crippen molar-refractivity contribution in [3.8, 4) is 45.6 Å². The first kappa shape index (κ1) is 32.9. The van der Waals surface area contributed by atoms with Crippen molar-refractivity contribution in [3.63, 3.8) is 0 Å². The molecule has 0 unspecified atom stereocenters. The fourth-order valence-electron chi connectivity index (χ4n) is 7.53. The van der Waals surface area contributed by atoms with E-state index < -0.39 is 0 Å². The van der Waals surface area contributed by atoms with E-state index >= 15 is 0 Å². The van der Waals surface area contributed by atoms with Gasteiger partial charge in [0.2, 0.25) is 0 Å². The van der Waals surface area contributed by atoms with Gasteiger partial charge in [-0.25, -0.2) is 29.9 Å². The van der Waals surface area contributed by atoms with Gasteiger partial charge >= 0.3 is 0 Å². The lowest BCUT2D eigenvalue weighted by Gasteiger charge is -2.08. The van der Waals surface area contributed by atoms with E-state index in [1.54, 1.807) is 4.73 Å². The number of H-pyrrole nitrogens is 1. The van der Waals surface area contributed by atoms with Gasteiger partial charge in [-0.3, -0.25) is 0 Å². The molecule has 2 aliphatic heterocycles. The van der Waals surface area contributed by atoms with E-state index in [9.17, 15) is 0 Å². The second-order valence-electron chi connectivity index (χ2n) is 13.9. The zero-order chi connectivity index (χ0) is 35.6. The Morgan fingerprint density at radius 1 is 0.434 bits per heavy atom. The standard InChI is InChI=1S/C44H42N8O/c1-2-3-4-5-6-7-8-9-10-19-28-53-52-43-35-26-17-18-27-36(35)44(52)51-42-34-25-16-14-23-32(34)40(49-42)47-38-30-21-12-11-20-29(30)37(45-38)46-39-31-22-13-15-24-33(31)41(48-39)50-43/h11-18,20-27H,2-10,19,28H2,1H3,(H,45,46,47,48,49,50,51). The van der Waals surface area contributed by atoms with Gasteiger partial charge in [0.25, 0.3) is 0 Å². The lowest BCUT2D eigenvalue weighted by molar-refractivity contribution is 0.123. The molecule has 2 aliphatic rings. The van der Waals surface area contributed by atoms with E-state index in [1.807, 2.05) is 60.7 Å². The van der Waals surface area contributed by atoms with Crippen LogP contribution in [0.15, 0.2) is 97.1 Å². The summed E-state index contributed by atoms with van der Waals surface area (Å²) in [6, 6.07) is 32.6. The van der Waals surface area contributed by atoms with Crippen molar-refractivity contribution >= 4 is 44.1 Å². The normalized spacial score (nSPS) is 11.9. The van der Waals surface area contributed by atoms with E-state index in [2.05, 4.69) is 48.3 Å². The average Bonchev–Trinajstić information content (AvgIpc) is 3.92. The number of hydrogen-bond donors (Lipinski definition) is 1. The Morgan fingerprint density at radius 3 is 1.26 bits per heavy atom. The molecule has 0 saturated heterocycles. The minimum absolute atomic E-state index is 0.536. The number of aromatic amines is 1. The van der Waals surface area contributed by atoms with Gasteiger partial charge in [-0.2, -0.15) is 0 Å². The van der Waals surface area contributed by atoms with Gasteiger partial charge in [0.15, 0.2) is 34.6 Å². The molecule has 0 fully saturated rings. The second kappa shape index (κ2) is 14.6. The molecule has 8 bridgehead atoms. The molecule has 0 spiro atoms. The maximum absolute atomic E-state index is 6.69. The number of fused-ring (bicyclic) bond motifs is 20. The smallest absolute Gasteiger partial charge is 0.180 e. The minimum atomic E-state index is 0.536. The van der Waals surface area contributed by atoms with Crippen molar-refractivity contribution < 1.29 is 4.84 Å². The minimum Gasteiger partial charge on any atom is -0.410 e. The van der Waals surface area contributed by atoms with Gasteiger partial charge in [0, 0.05) is 43.8 Å². The highest BCUT2D eigenvalue weighted by atomic mass is 16.7. The van der Waals surface area contributed by atoms with Crippen molar-refractivity contribution in [1.82, 2.24) is 39.6 Å². The zero-order valence-corrected chi connectivity index (χ0v) is 30.1. The van der Waals surface area contributed by atoms with Crippen molar-refractivity contribution in [2.75, 3.05) is 6.61 Å². The Bertz CT molecular complexity index is 2460. The molecule has 0 radical (unpaired) electrons. The molecule has 1 N–H and O–H groups in total. The fraction of sp³-hybridized carbons (Fsp3) is 0.273. The monoisotopic (exact) mass is 698 g/mol. The summed E-state index contributed by atoms with van der Waals surface area (Å²) in [5.74, 6) is 2.32. The second-order valence-corrected chi connectivity index (χ2v) is 13.9. The number of aromatic nitrogens is 8. The molecule has 0 amide bonds. The maximum Gasteiger partial charge on any atom is 0.180 e. The largest absolute Gasteiger partial charge is 0.410 e. The highest BCUT2D eigenvalue weighted by molar-refractivity contribution is 6.06. The summed E-state index contributed by atoms with van der Waals surface area (Å²) in [6.07, 6.45) is 12.5. The molecular formula is C44H42N8O. The van der Waals surface area contributed by atoms with Crippen LogP contribution in [-0.4, -0.2) is 46.2 Å². The van der Waals surface area contributed by atoms with E-state index in [0.29, 0.717) is 52.5 Å². The summed E-state index contributed by atoms with van der Waals surface area (Å²) in [5, 5.41) is 3.74. The summed E-state index contributed by atoms with van der Waals surface area (Å²) in [5.41, 5.74) is 6.29. The van der Waals surface area contributed by atoms with Crippen molar-refractivity contribution in [2.24, 2.45) is 0 Å². The molecule has 9 heteroatoms. The summed E-state index contributed by atoms with van der Waals surface area (Å²) < 4.78 is 1.80. The Morgan fingerprint density at radius 2 is 0.811 bits per heavy atom. The van der Waals surface area contributed by atoms with Gasteiger partial charge in [0.1, 0.15) is 17.9 Å². The SMILES string of the molecule is CCCCCCCCCCCCOn1c2nc3nc(nc4[nH]c(nc5nc(nc1c1ccccc12)-c1ccccc1-5)c1ccccc41)-c1ccccc1-3. The number of unbranched alkanes of at least 4 members (excludes halogenated alkanes) is 9. The van der Waals surface area contributed by atoms with Crippen LogP contribution in [0.4, 0.5) is 0 Å². The molecule has 5 heterocycles. The van der Waals surface area contributed by atoms with Gasteiger partial charge in [-0.15, -0.1) is 4.73 Å². The van der Waals surface area contributed by atoms with Gasteiger partial charge in [-0.1, -0.05) is 155 Å². The van der Waals surface area contributed by atoms with Crippen molar-refractivity contribution in [1.29, 1.82) is 0 Å². The predicted octanol–water partition coefficient (Wildman–Crippen LogP) is 10.7. The summed E-state index contributed by atoms with van der Waals surface area (Å²) in [6.45, 7) is 2.81. The summed E-state index contributed by atoms with van der Waals surface area (Å²) >= 11 is 0. The Labute approximate surface area is 308 Å². The zero-order valence-electron chi connectivity index (χ0n) is 30.1. The number of hydrogen-bond acceptors (Lipinski definition) is 7. The van der Waals surface area contributed by atoms with Crippen LogP contribution in [0.1, 0.15) is 71.1 Å². The van der Waals surface area contributed by atoms with E-state index in [0.717, 1.165) is 56.6 Å². The van der Waals surface area contributed by atoms with E-state index in [1.165, 1.54) is 51.4 Å². The molecular weight excluding hydrogens is 657 g/mol. The lowest BCUT2D eigenvalue weighted by atomic mass is 10.1. The molecule has 264 valence electrons. The van der Waals surface area contributed by atoms with Crippen molar-refractivity contribution in [2.45, 2.75) is 71.1 Å². The van der Waals surface area contributed by atoms with E-state index in [-0.39, 0.29) is 0 Å². The maximum atomic E-state index is 6.69. The highest BCUT2D eigenvalue weighted by Crippen LogP contribution is 2.37. The van der Waals surface area contributed by atoms with Gasteiger partial charge in [0.05, 0.1) is 0 Å². The third-order valence-corrected chi connectivity index (χ3v) is 10.3. The molecule has 3 aromatic heterocycles.